The molecular weight excluding hydrogens is 286 g/mol. The zero-order valence-electron chi connectivity index (χ0n) is 12.6. The van der Waals surface area contributed by atoms with Gasteiger partial charge >= 0.3 is 5.97 Å². The summed E-state index contributed by atoms with van der Waals surface area (Å²) < 4.78 is 10.2. The van der Waals surface area contributed by atoms with Crippen molar-refractivity contribution in [2.45, 2.75) is 25.2 Å². The Kier molecular flexibility index (Phi) is 5.44. The number of pyridine rings is 1. The van der Waals surface area contributed by atoms with Crippen molar-refractivity contribution in [1.29, 1.82) is 0 Å². The Hall–Kier alpha value is -1.75. The van der Waals surface area contributed by atoms with Crippen molar-refractivity contribution in [2.75, 3.05) is 19.5 Å². The van der Waals surface area contributed by atoms with Crippen LogP contribution in [0.2, 0.25) is 0 Å². The molecule has 1 heterocycles. The maximum atomic E-state index is 11.2. The van der Waals surface area contributed by atoms with Gasteiger partial charge in [0.1, 0.15) is 5.75 Å². The van der Waals surface area contributed by atoms with Gasteiger partial charge in [0.05, 0.1) is 25.5 Å². The number of rotatable bonds is 6. The minimum atomic E-state index is -0.180. The van der Waals surface area contributed by atoms with Gasteiger partial charge in [-0.15, -0.1) is 11.8 Å². The van der Waals surface area contributed by atoms with Gasteiger partial charge in [-0.3, -0.25) is 4.79 Å². The molecule has 0 unspecified atom stereocenters. The van der Waals surface area contributed by atoms with E-state index in [1.165, 1.54) is 7.11 Å². The number of benzene rings is 1. The van der Waals surface area contributed by atoms with Gasteiger partial charge in [-0.25, -0.2) is 4.98 Å². The van der Waals surface area contributed by atoms with E-state index in [0.717, 1.165) is 27.2 Å². The molecular formula is C16H20NO3S+. The molecule has 0 fully saturated rings. The van der Waals surface area contributed by atoms with Crippen LogP contribution in [0.25, 0.3) is 10.9 Å². The highest BCUT2D eigenvalue weighted by molar-refractivity contribution is 7.99. The summed E-state index contributed by atoms with van der Waals surface area (Å²) in [5, 5.41) is 1.11. The van der Waals surface area contributed by atoms with E-state index in [2.05, 4.69) is 15.8 Å². The van der Waals surface area contributed by atoms with Crippen LogP contribution in [-0.4, -0.2) is 25.4 Å². The Labute approximate surface area is 128 Å². The second-order valence-corrected chi connectivity index (χ2v) is 5.77. The second-order valence-electron chi connectivity index (χ2n) is 4.63. The van der Waals surface area contributed by atoms with Gasteiger partial charge in [0.15, 0.2) is 5.69 Å². The number of nitrogens with one attached hydrogen (secondary N) is 1. The smallest absolute Gasteiger partial charge is 0.306 e. The molecule has 0 amide bonds. The lowest BCUT2D eigenvalue weighted by atomic mass is 10.2. The number of thioether (sulfide) groups is 1. The summed E-state index contributed by atoms with van der Waals surface area (Å²) in [5.74, 6) is 1.38. The first-order chi connectivity index (χ1) is 10.1. The van der Waals surface area contributed by atoms with Gasteiger partial charge < -0.3 is 9.47 Å². The Morgan fingerprint density at radius 2 is 2.14 bits per heavy atom. The second kappa shape index (κ2) is 7.31. The molecule has 0 radical (unpaired) electrons. The number of H-pyrrole nitrogens is 1. The van der Waals surface area contributed by atoms with Gasteiger partial charge in [-0.05, 0) is 19.1 Å². The predicted octanol–water partition coefficient (Wildman–Crippen LogP) is 3.02. The van der Waals surface area contributed by atoms with Crippen LogP contribution < -0.4 is 9.72 Å². The third kappa shape index (κ3) is 4.11. The van der Waals surface area contributed by atoms with Crippen molar-refractivity contribution in [3.05, 3.63) is 30.0 Å². The number of aromatic amines is 1. The average molecular weight is 306 g/mol. The Morgan fingerprint density at radius 1 is 1.33 bits per heavy atom. The zero-order chi connectivity index (χ0) is 15.2. The van der Waals surface area contributed by atoms with E-state index >= 15 is 0 Å². The number of aromatic nitrogens is 1. The van der Waals surface area contributed by atoms with Crippen LogP contribution in [0, 0.1) is 6.92 Å². The number of methoxy groups -OCH3 is 1. The van der Waals surface area contributed by atoms with E-state index in [9.17, 15) is 4.79 Å². The summed E-state index contributed by atoms with van der Waals surface area (Å²) in [4.78, 5) is 15.7. The van der Waals surface area contributed by atoms with Crippen LogP contribution in [0.15, 0.2) is 29.2 Å². The number of carbonyl (C=O) groups excluding carboxylic acids is 1. The maximum absolute atomic E-state index is 11.2. The molecule has 1 aromatic heterocycles. The number of fused-ring (bicyclic) bond motifs is 1. The molecule has 0 spiro atoms. The van der Waals surface area contributed by atoms with Crippen molar-refractivity contribution < 1.29 is 19.3 Å². The molecule has 0 aliphatic carbocycles. The van der Waals surface area contributed by atoms with Crippen LogP contribution >= 0.6 is 11.8 Å². The fourth-order valence-corrected chi connectivity index (χ4v) is 3.15. The van der Waals surface area contributed by atoms with Crippen molar-refractivity contribution in [3.8, 4) is 5.75 Å². The maximum Gasteiger partial charge on any atom is 0.306 e. The summed E-state index contributed by atoms with van der Waals surface area (Å²) in [7, 11) is 1.42. The van der Waals surface area contributed by atoms with Crippen molar-refractivity contribution in [2.24, 2.45) is 0 Å². The highest BCUT2D eigenvalue weighted by Crippen LogP contribution is 2.29. The van der Waals surface area contributed by atoms with Gasteiger partial charge in [0.25, 0.3) is 0 Å². The Balaban J connectivity index is 2.27. The van der Waals surface area contributed by atoms with Crippen LogP contribution in [-0.2, 0) is 9.53 Å². The zero-order valence-corrected chi connectivity index (χ0v) is 13.4. The molecule has 4 nitrogen and oxygen atoms in total. The highest BCUT2D eigenvalue weighted by atomic mass is 32.2. The number of esters is 1. The Bertz CT molecular complexity index is 643. The minimum Gasteiger partial charge on any atom is -0.494 e. The number of hydrogen-bond donors (Lipinski definition) is 0. The van der Waals surface area contributed by atoms with Crippen molar-refractivity contribution >= 4 is 28.6 Å². The van der Waals surface area contributed by atoms with Gasteiger partial charge in [-0.2, -0.15) is 0 Å². The van der Waals surface area contributed by atoms with Gasteiger partial charge in [0, 0.05) is 29.7 Å². The topological polar surface area (TPSA) is 49.7 Å². The Morgan fingerprint density at radius 3 is 2.86 bits per heavy atom. The molecule has 0 saturated carbocycles. The lowest BCUT2D eigenvalue weighted by Gasteiger charge is -2.07. The standard InChI is InChI=1S/C16H19NO3S/c1-4-20-12-5-6-14-13(10-12)15(9-11(2)17-14)21-8-7-16(18)19-3/h5-6,9-10H,4,7-8H2,1-3H3/p+1. The summed E-state index contributed by atoms with van der Waals surface area (Å²) >= 11 is 1.66. The minimum absolute atomic E-state index is 0.180. The molecule has 0 atom stereocenters. The summed E-state index contributed by atoms with van der Waals surface area (Å²) in [5.41, 5.74) is 2.16. The number of hydrogen-bond acceptors (Lipinski definition) is 4. The third-order valence-electron chi connectivity index (χ3n) is 3.04. The van der Waals surface area contributed by atoms with Crippen molar-refractivity contribution in [1.82, 2.24) is 0 Å². The summed E-state index contributed by atoms with van der Waals surface area (Å²) in [6.45, 7) is 4.64. The van der Waals surface area contributed by atoms with E-state index < -0.39 is 0 Å². The van der Waals surface area contributed by atoms with E-state index in [1.54, 1.807) is 11.8 Å². The first-order valence-electron chi connectivity index (χ1n) is 6.93. The fraction of sp³-hybridized carbons (Fsp3) is 0.375. The number of aryl methyl sites for hydroxylation is 1. The molecule has 0 aliphatic heterocycles. The quantitative estimate of drug-likeness (QED) is 0.608. The average Bonchev–Trinajstić information content (AvgIpc) is 2.47. The van der Waals surface area contributed by atoms with Crippen molar-refractivity contribution in [3.63, 3.8) is 0 Å². The van der Waals surface area contributed by atoms with Crippen LogP contribution in [0.5, 0.6) is 5.75 Å². The predicted molar refractivity (Wildman–Crippen MR) is 83.8 cm³/mol. The monoisotopic (exact) mass is 306 g/mol. The molecule has 112 valence electrons. The van der Waals surface area contributed by atoms with Crippen LogP contribution in [0.4, 0.5) is 0 Å². The molecule has 1 aromatic carbocycles. The molecule has 21 heavy (non-hydrogen) atoms. The SMILES string of the molecule is CCOc1ccc2[nH+]c(C)cc(SCCC(=O)OC)c2c1. The third-order valence-corrected chi connectivity index (χ3v) is 4.10. The first-order valence-corrected chi connectivity index (χ1v) is 7.91. The van der Waals surface area contributed by atoms with E-state index in [1.807, 2.05) is 32.0 Å². The summed E-state index contributed by atoms with van der Waals surface area (Å²) in [6.07, 6.45) is 0.408. The lowest BCUT2D eigenvalue weighted by molar-refractivity contribution is -0.355. The van der Waals surface area contributed by atoms with Crippen LogP contribution in [0.1, 0.15) is 19.0 Å². The van der Waals surface area contributed by atoms with E-state index in [-0.39, 0.29) is 5.97 Å². The number of ether oxygens (including phenoxy) is 2. The molecule has 0 saturated heterocycles. The number of carbonyl (C=O) groups is 1. The molecule has 0 aliphatic rings. The largest absolute Gasteiger partial charge is 0.494 e. The molecule has 0 bridgehead atoms. The first kappa shape index (κ1) is 15.6. The normalized spacial score (nSPS) is 10.6. The molecule has 2 aromatic rings. The van der Waals surface area contributed by atoms with Gasteiger partial charge in [-0.1, -0.05) is 0 Å². The molecule has 1 N–H and O–H groups in total. The van der Waals surface area contributed by atoms with E-state index in [4.69, 9.17) is 4.74 Å². The van der Waals surface area contributed by atoms with Gasteiger partial charge in [0.2, 0.25) is 5.52 Å². The van der Waals surface area contributed by atoms with E-state index in [0.29, 0.717) is 18.8 Å². The molecule has 2 rings (SSSR count). The molecule has 5 heteroatoms. The highest BCUT2D eigenvalue weighted by Gasteiger charge is 2.12. The fourth-order valence-electron chi connectivity index (χ4n) is 2.08. The summed E-state index contributed by atoms with van der Waals surface area (Å²) in [6, 6.07) is 8.12. The lowest BCUT2D eigenvalue weighted by Crippen LogP contribution is -2.09. The van der Waals surface area contributed by atoms with Crippen LogP contribution in [0.3, 0.4) is 0 Å².